The largest absolute Gasteiger partial charge is 0.452 e. The lowest BCUT2D eigenvalue weighted by molar-refractivity contribution is 0.249. The summed E-state index contributed by atoms with van der Waals surface area (Å²) in [6.07, 6.45) is 2.48. The molecule has 2 heterocycles. The van der Waals surface area contributed by atoms with E-state index in [0.717, 1.165) is 13.0 Å². The molecule has 1 aliphatic heterocycles. The van der Waals surface area contributed by atoms with Crippen molar-refractivity contribution in [2.75, 3.05) is 13.7 Å². The van der Waals surface area contributed by atoms with E-state index < -0.39 is 0 Å². The number of nitrogens with zero attached hydrogens (tertiary/aromatic N) is 2. The molecule has 1 fully saturated rings. The molecule has 1 aliphatic rings. The molecule has 66 valence electrons. The maximum absolute atomic E-state index is 4.80. The van der Waals surface area contributed by atoms with Crippen molar-refractivity contribution in [2.45, 2.75) is 18.9 Å². The molecular weight excluding hydrogens is 158 g/mol. The maximum Gasteiger partial charge on any atom is 0.417 e. The van der Waals surface area contributed by atoms with Crippen LogP contribution in [-0.4, -0.2) is 23.8 Å². The summed E-state index contributed by atoms with van der Waals surface area (Å²) in [4.78, 5) is 4.05. The number of ether oxygens (including phenoxy) is 1. The van der Waals surface area contributed by atoms with Crippen molar-refractivity contribution in [2.24, 2.45) is 0 Å². The second kappa shape index (κ2) is 3.10. The molecule has 1 unspecified atom stereocenters. The summed E-state index contributed by atoms with van der Waals surface area (Å²) in [7, 11) is 1.51. The molecule has 1 aromatic rings. The minimum atomic E-state index is 0.235. The van der Waals surface area contributed by atoms with Crippen molar-refractivity contribution < 1.29 is 9.26 Å². The number of methoxy groups -OCH3 is 1. The second-order valence-electron chi connectivity index (χ2n) is 2.77. The molecule has 1 N–H and O–H groups in total. The Morgan fingerprint density at radius 2 is 2.58 bits per heavy atom. The molecule has 1 aromatic heterocycles. The molecular formula is C7H11N3O2. The predicted octanol–water partition coefficient (Wildman–Crippen LogP) is 0.503. The average molecular weight is 169 g/mol. The fourth-order valence-electron chi connectivity index (χ4n) is 1.35. The van der Waals surface area contributed by atoms with Crippen LogP contribution in [0.2, 0.25) is 0 Å². The molecule has 0 radical (unpaired) electrons. The topological polar surface area (TPSA) is 60.2 Å². The van der Waals surface area contributed by atoms with Crippen LogP contribution in [0.1, 0.15) is 24.7 Å². The highest BCUT2D eigenvalue weighted by Gasteiger charge is 2.21. The van der Waals surface area contributed by atoms with Gasteiger partial charge in [0.1, 0.15) is 0 Å². The zero-order valence-electron chi connectivity index (χ0n) is 6.91. The Morgan fingerprint density at radius 3 is 3.17 bits per heavy atom. The van der Waals surface area contributed by atoms with Crippen molar-refractivity contribution in [1.82, 2.24) is 15.5 Å². The summed E-state index contributed by atoms with van der Waals surface area (Å²) in [5.74, 6) is 0.698. The minimum absolute atomic E-state index is 0.235. The Hall–Kier alpha value is -1.10. The Kier molecular flexibility index (Phi) is 1.95. The minimum Gasteiger partial charge on any atom is -0.452 e. The van der Waals surface area contributed by atoms with Gasteiger partial charge in [-0.1, -0.05) is 5.16 Å². The van der Waals surface area contributed by atoms with Crippen molar-refractivity contribution >= 4 is 0 Å². The maximum atomic E-state index is 4.80. The van der Waals surface area contributed by atoms with Crippen LogP contribution >= 0.6 is 0 Å². The van der Waals surface area contributed by atoms with Crippen molar-refractivity contribution in [3.8, 4) is 6.08 Å². The Bertz CT molecular complexity index is 255. The van der Waals surface area contributed by atoms with Gasteiger partial charge in [-0.2, -0.15) is 4.98 Å². The van der Waals surface area contributed by atoms with Crippen LogP contribution in [0.25, 0.3) is 0 Å². The Labute approximate surface area is 70.1 Å². The Balaban J connectivity index is 2.11. The predicted molar refractivity (Wildman–Crippen MR) is 40.8 cm³/mol. The van der Waals surface area contributed by atoms with Crippen LogP contribution < -0.4 is 10.1 Å². The number of nitrogens with one attached hydrogen (secondary N) is 1. The van der Waals surface area contributed by atoms with Crippen molar-refractivity contribution in [1.29, 1.82) is 0 Å². The SMILES string of the molecule is COc1nc(C2CCCN2)no1. The van der Waals surface area contributed by atoms with Gasteiger partial charge in [0, 0.05) is 0 Å². The molecule has 0 amide bonds. The third-order valence-corrected chi connectivity index (χ3v) is 1.97. The van der Waals surface area contributed by atoms with Gasteiger partial charge in [0.25, 0.3) is 0 Å². The first kappa shape index (κ1) is 7.54. The van der Waals surface area contributed by atoms with Gasteiger partial charge in [-0.25, -0.2) is 0 Å². The normalized spacial score (nSPS) is 22.9. The molecule has 1 atom stereocenters. The first-order chi connectivity index (χ1) is 5.90. The third-order valence-electron chi connectivity index (χ3n) is 1.97. The zero-order chi connectivity index (χ0) is 8.39. The molecule has 5 nitrogen and oxygen atoms in total. The van der Waals surface area contributed by atoms with E-state index in [-0.39, 0.29) is 12.1 Å². The highest BCUT2D eigenvalue weighted by molar-refractivity contribution is 4.98. The highest BCUT2D eigenvalue weighted by Crippen LogP contribution is 2.21. The van der Waals surface area contributed by atoms with E-state index in [2.05, 4.69) is 15.5 Å². The summed E-state index contributed by atoms with van der Waals surface area (Å²) in [6.45, 7) is 1.03. The van der Waals surface area contributed by atoms with Gasteiger partial charge < -0.3 is 10.1 Å². The zero-order valence-corrected chi connectivity index (χ0v) is 6.91. The summed E-state index contributed by atoms with van der Waals surface area (Å²) < 4.78 is 9.59. The van der Waals surface area contributed by atoms with Crippen LogP contribution in [0, 0.1) is 0 Å². The lowest BCUT2D eigenvalue weighted by Gasteiger charge is -2.01. The summed E-state index contributed by atoms with van der Waals surface area (Å²) >= 11 is 0. The second-order valence-corrected chi connectivity index (χ2v) is 2.77. The molecule has 1 saturated heterocycles. The van der Waals surface area contributed by atoms with Gasteiger partial charge in [0.05, 0.1) is 13.2 Å². The van der Waals surface area contributed by atoms with Gasteiger partial charge in [-0.05, 0) is 19.4 Å². The molecule has 12 heavy (non-hydrogen) atoms. The van der Waals surface area contributed by atoms with Crippen LogP contribution in [0.15, 0.2) is 4.52 Å². The number of aromatic nitrogens is 2. The Morgan fingerprint density at radius 1 is 1.67 bits per heavy atom. The van der Waals surface area contributed by atoms with Gasteiger partial charge in [0.15, 0.2) is 5.82 Å². The van der Waals surface area contributed by atoms with Crippen LogP contribution in [0.5, 0.6) is 6.08 Å². The van der Waals surface area contributed by atoms with E-state index in [1.165, 1.54) is 13.5 Å². The highest BCUT2D eigenvalue weighted by atomic mass is 16.6. The van der Waals surface area contributed by atoms with E-state index in [1.807, 2.05) is 0 Å². The molecule has 5 heteroatoms. The van der Waals surface area contributed by atoms with E-state index in [9.17, 15) is 0 Å². The van der Waals surface area contributed by atoms with E-state index in [4.69, 9.17) is 9.26 Å². The monoisotopic (exact) mass is 169 g/mol. The van der Waals surface area contributed by atoms with Gasteiger partial charge >= 0.3 is 6.08 Å². The van der Waals surface area contributed by atoms with Crippen molar-refractivity contribution in [3.05, 3.63) is 5.82 Å². The van der Waals surface area contributed by atoms with E-state index >= 15 is 0 Å². The van der Waals surface area contributed by atoms with E-state index in [1.54, 1.807) is 0 Å². The quantitative estimate of drug-likeness (QED) is 0.698. The fraction of sp³-hybridized carbons (Fsp3) is 0.714. The lowest BCUT2D eigenvalue weighted by Crippen LogP contribution is -2.14. The van der Waals surface area contributed by atoms with Crippen LogP contribution in [0.3, 0.4) is 0 Å². The number of rotatable bonds is 2. The lowest BCUT2D eigenvalue weighted by atomic mass is 10.2. The number of hydrogen-bond acceptors (Lipinski definition) is 5. The van der Waals surface area contributed by atoms with Gasteiger partial charge in [0.2, 0.25) is 0 Å². The molecule has 0 aliphatic carbocycles. The van der Waals surface area contributed by atoms with Crippen LogP contribution in [-0.2, 0) is 0 Å². The molecule has 0 saturated carbocycles. The number of hydrogen-bond donors (Lipinski definition) is 1. The third kappa shape index (κ3) is 1.27. The summed E-state index contributed by atoms with van der Waals surface area (Å²) in [5.41, 5.74) is 0. The van der Waals surface area contributed by atoms with Gasteiger partial charge in [-0.15, -0.1) is 0 Å². The average Bonchev–Trinajstić information content (AvgIpc) is 2.75. The molecule has 0 bridgehead atoms. The first-order valence-corrected chi connectivity index (χ1v) is 4.01. The molecule has 2 rings (SSSR count). The van der Waals surface area contributed by atoms with Crippen molar-refractivity contribution in [3.63, 3.8) is 0 Å². The van der Waals surface area contributed by atoms with Gasteiger partial charge in [-0.3, -0.25) is 4.52 Å². The van der Waals surface area contributed by atoms with E-state index in [0.29, 0.717) is 5.82 Å². The smallest absolute Gasteiger partial charge is 0.417 e. The fourth-order valence-corrected chi connectivity index (χ4v) is 1.35. The standard InChI is InChI=1S/C7H11N3O2/c1-11-7-9-6(10-12-7)5-3-2-4-8-5/h5,8H,2-4H2,1H3. The van der Waals surface area contributed by atoms with Crippen LogP contribution in [0.4, 0.5) is 0 Å². The molecule has 0 spiro atoms. The first-order valence-electron chi connectivity index (χ1n) is 4.01. The summed E-state index contributed by atoms with van der Waals surface area (Å²) in [6, 6.07) is 0.248. The summed E-state index contributed by atoms with van der Waals surface area (Å²) in [5, 5.41) is 7.07. The molecule has 0 aromatic carbocycles.